The van der Waals surface area contributed by atoms with Gasteiger partial charge < -0.3 is 4.42 Å². The van der Waals surface area contributed by atoms with Gasteiger partial charge in [-0.25, -0.2) is 4.98 Å². The van der Waals surface area contributed by atoms with Crippen LogP contribution in [0, 0.1) is 6.92 Å². The van der Waals surface area contributed by atoms with Crippen molar-refractivity contribution in [2.45, 2.75) is 6.92 Å². The Morgan fingerprint density at radius 3 is 2.32 bits per heavy atom. The minimum Gasteiger partial charge on any atom is -0.441 e. The fourth-order valence-corrected chi connectivity index (χ4v) is 2.02. The topological polar surface area (TPSA) is 38.9 Å². The van der Waals surface area contributed by atoms with Crippen molar-refractivity contribution < 1.29 is 4.42 Å². The van der Waals surface area contributed by atoms with Gasteiger partial charge in [0.05, 0.1) is 0 Å². The van der Waals surface area contributed by atoms with Crippen molar-refractivity contribution in [2.24, 2.45) is 0 Å². The minimum absolute atomic E-state index is 0.598. The Bertz CT molecular complexity index is 690. The highest BCUT2D eigenvalue weighted by Crippen LogP contribution is 2.28. The minimum atomic E-state index is 0.598. The van der Waals surface area contributed by atoms with Gasteiger partial charge in [0, 0.05) is 28.5 Å². The summed E-state index contributed by atoms with van der Waals surface area (Å²) in [6.07, 6.45) is 3.48. The quantitative estimate of drug-likeness (QED) is 0.694. The summed E-state index contributed by atoms with van der Waals surface area (Å²) in [4.78, 5) is 8.54. The third kappa shape index (κ3) is 2.37. The SMILES string of the molecule is Cc1oc(-c2ccc(Cl)cc2)nc1-c1ccncc1. The van der Waals surface area contributed by atoms with E-state index in [2.05, 4.69) is 9.97 Å². The molecule has 0 amide bonds. The van der Waals surface area contributed by atoms with E-state index >= 15 is 0 Å². The van der Waals surface area contributed by atoms with E-state index < -0.39 is 0 Å². The smallest absolute Gasteiger partial charge is 0.226 e. The Hall–Kier alpha value is -2.13. The third-order valence-corrected chi connectivity index (χ3v) is 3.09. The molecule has 0 spiro atoms. The molecule has 0 bridgehead atoms. The average molecular weight is 271 g/mol. The molecule has 0 saturated carbocycles. The van der Waals surface area contributed by atoms with Crippen LogP contribution in [0.5, 0.6) is 0 Å². The van der Waals surface area contributed by atoms with Gasteiger partial charge in [0.25, 0.3) is 0 Å². The highest BCUT2D eigenvalue weighted by atomic mass is 35.5. The average Bonchev–Trinajstić information content (AvgIpc) is 2.83. The molecule has 3 aromatic rings. The summed E-state index contributed by atoms with van der Waals surface area (Å²) < 4.78 is 5.72. The van der Waals surface area contributed by atoms with Crippen molar-refractivity contribution in [3.05, 3.63) is 59.6 Å². The Labute approximate surface area is 115 Å². The fourth-order valence-electron chi connectivity index (χ4n) is 1.89. The molecular formula is C15H11ClN2O. The van der Waals surface area contributed by atoms with E-state index in [1.54, 1.807) is 12.4 Å². The molecule has 0 aliphatic heterocycles. The maximum Gasteiger partial charge on any atom is 0.226 e. The molecule has 94 valence electrons. The normalized spacial score (nSPS) is 10.6. The second-order valence-electron chi connectivity index (χ2n) is 4.17. The predicted molar refractivity (Wildman–Crippen MR) is 74.9 cm³/mol. The van der Waals surface area contributed by atoms with Crippen LogP contribution >= 0.6 is 11.6 Å². The van der Waals surface area contributed by atoms with Crippen LogP contribution in [-0.2, 0) is 0 Å². The van der Waals surface area contributed by atoms with Gasteiger partial charge in [-0.05, 0) is 43.3 Å². The van der Waals surface area contributed by atoms with E-state index in [1.165, 1.54) is 0 Å². The zero-order valence-corrected chi connectivity index (χ0v) is 11.1. The predicted octanol–water partition coefficient (Wildman–Crippen LogP) is 4.37. The Kier molecular flexibility index (Phi) is 3.05. The molecule has 0 N–H and O–H groups in total. The first-order valence-corrected chi connectivity index (χ1v) is 6.25. The van der Waals surface area contributed by atoms with Crippen LogP contribution in [0.3, 0.4) is 0 Å². The van der Waals surface area contributed by atoms with E-state index in [-0.39, 0.29) is 0 Å². The van der Waals surface area contributed by atoms with Gasteiger partial charge in [0.15, 0.2) is 0 Å². The third-order valence-electron chi connectivity index (χ3n) is 2.84. The number of oxazole rings is 1. The zero-order valence-electron chi connectivity index (χ0n) is 10.3. The van der Waals surface area contributed by atoms with Crippen LogP contribution < -0.4 is 0 Å². The van der Waals surface area contributed by atoms with Crippen molar-refractivity contribution in [3.8, 4) is 22.7 Å². The van der Waals surface area contributed by atoms with Crippen molar-refractivity contribution in [2.75, 3.05) is 0 Å². The Morgan fingerprint density at radius 2 is 1.63 bits per heavy atom. The van der Waals surface area contributed by atoms with Crippen LogP contribution in [-0.4, -0.2) is 9.97 Å². The summed E-state index contributed by atoms with van der Waals surface area (Å²) in [5, 5.41) is 0.696. The van der Waals surface area contributed by atoms with Gasteiger partial charge >= 0.3 is 0 Å². The first-order valence-electron chi connectivity index (χ1n) is 5.88. The van der Waals surface area contributed by atoms with E-state index in [1.807, 2.05) is 43.3 Å². The molecule has 0 aliphatic carbocycles. The van der Waals surface area contributed by atoms with Crippen LogP contribution in [0.2, 0.25) is 5.02 Å². The monoisotopic (exact) mass is 270 g/mol. The van der Waals surface area contributed by atoms with Crippen LogP contribution in [0.15, 0.2) is 53.2 Å². The number of benzene rings is 1. The molecule has 3 nitrogen and oxygen atoms in total. The number of nitrogens with zero attached hydrogens (tertiary/aromatic N) is 2. The number of rotatable bonds is 2. The summed E-state index contributed by atoms with van der Waals surface area (Å²) in [5.74, 6) is 1.39. The molecule has 0 saturated heterocycles. The zero-order chi connectivity index (χ0) is 13.2. The Balaban J connectivity index is 2.04. The molecule has 2 aromatic heterocycles. The largest absolute Gasteiger partial charge is 0.441 e. The maximum atomic E-state index is 5.87. The van der Waals surface area contributed by atoms with Crippen molar-refractivity contribution in [1.82, 2.24) is 9.97 Å². The molecule has 0 fully saturated rings. The second kappa shape index (κ2) is 4.86. The van der Waals surface area contributed by atoms with E-state index in [0.29, 0.717) is 10.9 Å². The number of aryl methyl sites for hydroxylation is 1. The van der Waals surface area contributed by atoms with Crippen molar-refractivity contribution in [3.63, 3.8) is 0 Å². The lowest BCUT2D eigenvalue weighted by Gasteiger charge is -1.95. The molecule has 0 unspecified atom stereocenters. The van der Waals surface area contributed by atoms with Crippen LogP contribution in [0.1, 0.15) is 5.76 Å². The van der Waals surface area contributed by atoms with Gasteiger partial charge in [-0.2, -0.15) is 0 Å². The van der Waals surface area contributed by atoms with Crippen molar-refractivity contribution in [1.29, 1.82) is 0 Å². The first-order chi connectivity index (χ1) is 9.24. The molecule has 4 heteroatoms. The standard InChI is InChI=1S/C15H11ClN2O/c1-10-14(11-6-8-17-9-7-11)18-15(19-10)12-2-4-13(16)5-3-12/h2-9H,1H3. The number of aromatic nitrogens is 2. The highest BCUT2D eigenvalue weighted by molar-refractivity contribution is 6.30. The molecular weight excluding hydrogens is 260 g/mol. The number of pyridine rings is 1. The fraction of sp³-hybridized carbons (Fsp3) is 0.0667. The number of hydrogen-bond acceptors (Lipinski definition) is 3. The van der Waals surface area contributed by atoms with Gasteiger partial charge in [0.2, 0.25) is 5.89 Å². The molecule has 0 radical (unpaired) electrons. The van der Waals surface area contributed by atoms with Crippen LogP contribution in [0.4, 0.5) is 0 Å². The molecule has 3 rings (SSSR count). The molecule has 2 heterocycles. The molecule has 19 heavy (non-hydrogen) atoms. The van der Waals surface area contributed by atoms with E-state index in [0.717, 1.165) is 22.6 Å². The molecule has 1 aromatic carbocycles. The summed E-state index contributed by atoms with van der Waals surface area (Å²) >= 11 is 5.87. The molecule has 0 atom stereocenters. The lowest BCUT2D eigenvalue weighted by molar-refractivity contribution is 0.543. The van der Waals surface area contributed by atoms with Gasteiger partial charge in [0.1, 0.15) is 11.5 Å². The summed E-state index contributed by atoms with van der Waals surface area (Å²) in [5.41, 5.74) is 2.75. The van der Waals surface area contributed by atoms with Gasteiger partial charge in [-0.15, -0.1) is 0 Å². The van der Waals surface area contributed by atoms with Gasteiger partial charge in [-0.3, -0.25) is 4.98 Å². The van der Waals surface area contributed by atoms with Crippen LogP contribution in [0.25, 0.3) is 22.7 Å². The number of halogens is 1. The van der Waals surface area contributed by atoms with Gasteiger partial charge in [-0.1, -0.05) is 11.6 Å². The van der Waals surface area contributed by atoms with E-state index in [9.17, 15) is 0 Å². The second-order valence-corrected chi connectivity index (χ2v) is 4.60. The van der Waals surface area contributed by atoms with Crippen molar-refractivity contribution >= 4 is 11.6 Å². The summed E-state index contributed by atoms with van der Waals surface area (Å²) in [6.45, 7) is 1.90. The number of hydrogen-bond donors (Lipinski definition) is 0. The lowest BCUT2D eigenvalue weighted by atomic mass is 10.2. The summed E-state index contributed by atoms with van der Waals surface area (Å²) in [6, 6.07) is 11.3. The molecule has 0 aliphatic rings. The Morgan fingerprint density at radius 1 is 0.947 bits per heavy atom. The maximum absolute atomic E-state index is 5.87. The highest BCUT2D eigenvalue weighted by Gasteiger charge is 2.12. The summed E-state index contributed by atoms with van der Waals surface area (Å²) in [7, 11) is 0. The lowest BCUT2D eigenvalue weighted by Crippen LogP contribution is -1.81. The first kappa shape index (κ1) is 11.9. The van der Waals surface area contributed by atoms with E-state index in [4.69, 9.17) is 16.0 Å².